The third kappa shape index (κ3) is 7.03. The van der Waals surface area contributed by atoms with Crippen molar-refractivity contribution in [1.29, 1.82) is 0 Å². The molecule has 0 bridgehead atoms. The molecular weight excluding hydrogens is 588 g/mol. The molecule has 228 valence electrons. The number of ether oxygens (including phenoxy) is 2. The fraction of sp³-hybridized carbons (Fsp3) is 0.0909. The van der Waals surface area contributed by atoms with Crippen molar-refractivity contribution in [2.75, 3.05) is 0 Å². The lowest BCUT2D eigenvalue weighted by Gasteiger charge is -2.17. The van der Waals surface area contributed by atoms with E-state index < -0.39 is 76.2 Å². The molecule has 45 heavy (non-hydrogen) atoms. The minimum atomic E-state index is -1.64. The fourth-order valence-electron chi connectivity index (χ4n) is 4.54. The van der Waals surface area contributed by atoms with Crippen LogP contribution in [0.15, 0.2) is 84.9 Å². The van der Waals surface area contributed by atoms with Gasteiger partial charge in [0, 0.05) is 11.1 Å². The van der Waals surface area contributed by atoms with Gasteiger partial charge in [0.15, 0.2) is 0 Å². The molecule has 0 aliphatic rings. The zero-order valence-electron chi connectivity index (χ0n) is 23.4. The van der Waals surface area contributed by atoms with Gasteiger partial charge in [-0.25, -0.2) is 24.0 Å². The van der Waals surface area contributed by atoms with Gasteiger partial charge in [-0.15, -0.1) is 0 Å². The Morgan fingerprint density at radius 3 is 1.80 bits per heavy atom. The van der Waals surface area contributed by atoms with Gasteiger partial charge >= 0.3 is 35.8 Å². The summed E-state index contributed by atoms with van der Waals surface area (Å²) < 4.78 is 9.96. The highest BCUT2D eigenvalue weighted by atomic mass is 16.6. The van der Waals surface area contributed by atoms with E-state index in [1.165, 1.54) is 30.3 Å². The number of carboxylic acids is 2. The molecule has 4 aromatic carbocycles. The average Bonchev–Trinajstić information content (AvgIpc) is 3.00. The molecule has 1 unspecified atom stereocenters. The van der Waals surface area contributed by atoms with E-state index in [0.717, 1.165) is 36.4 Å². The van der Waals surface area contributed by atoms with Crippen molar-refractivity contribution in [1.82, 2.24) is 0 Å². The molecule has 0 aliphatic carbocycles. The molecule has 4 aromatic rings. The summed E-state index contributed by atoms with van der Waals surface area (Å²) in [6.45, 7) is 1.60. The van der Waals surface area contributed by atoms with Crippen LogP contribution in [0.4, 0.5) is 0 Å². The lowest BCUT2D eigenvalue weighted by Crippen LogP contribution is -2.21. The standard InChI is InChI=1S/C33H24O12/c1-17(20-6-2-4-8-24(20)34)16-26(36)44-33(43)28-22(30(39)40)14-15-23(27(28)21-7-3-5-9-25(21)35)32(42)45-31(41)19-12-10-18(11-13-19)29(37)38/h2-15,17,34-35H,16H2,1H3,(H,37,38)(H,39,40). The minimum Gasteiger partial charge on any atom is -0.508 e. The second-order valence-electron chi connectivity index (χ2n) is 9.72. The van der Waals surface area contributed by atoms with E-state index >= 15 is 0 Å². The molecule has 0 spiro atoms. The number of aromatic carboxylic acids is 2. The van der Waals surface area contributed by atoms with Gasteiger partial charge in [-0.1, -0.05) is 43.3 Å². The number of hydrogen-bond acceptors (Lipinski definition) is 10. The predicted octanol–water partition coefficient (Wildman–Crippen LogP) is 5.04. The first-order valence-corrected chi connectivity index (χ1v) is 13.2. The van der Waals surface area contributed by atoms with E-state index in [0.29, 0.717) is 5.56 Å². The summed E-state index contributed by atoms with van der Waals surface area (Å²) in [6, 6.07) is 17.8. The van der Waals surface area contributed by atoms with Crippen LogP contribution in [-0.4, -0.2) is 56.2 Å². The molecule has 0 heterocycles. The topological polar surface area (TPSA) is 202 Å². The molecule has 0 saturated heterocycles. The zero-order valence-corrected chi connectivity index (χ0v) is 23.4. The molecule has 12 nitrogen and oxygen atoms in total. The molecule has 0 radical (unpaired) electrons. The zero-order chi connectivity index (χ0) is 32.8. The van der Waals surface area contributed by atoms with Crippen LogP contribution >= 0.6 is 0 Å². The Morgan fingerprint density at radius 2 is 1.20 bits per heavy atom. The molecule has 4 N–H and O–H groups in total. The molecule has 0 aliphatic heterocycles. The average molecular weight is 613 g/mol. The number of phenols is 2. The highest BCUT2D eigenvalue weighted by molar-refractivity contribution is 6.15. The van der Waals surface area contributed by atoms with Crippen LogP contribution in [0, 0.1) is 0 Å². The van der Waals surface area contributed by atoms with Crippen LogP contribution in [0.2, 0.25) is 0 Å². The smallest absolute Gasteiger partial charge is 0.347 e. The van der Waals surface area contributed by atoms with E-state index in [4.69, 9.17) is 14.6 Å². The molecule has 0 amide bonds. The first-order valence-electron chi connectivity index (χ1n) is 13.2. The van der Waals surface area contributed by atoms with Crippen LogP contribution < -0.4 is 0 Å². The Bertz CT molecular complexity index is 1840. The number of benzene rings is 4. The Hall–Kier alpha value is -6.30. The third-order valence-corrected chi connectivity index (χ3v) is 6.73. The highest BCUT2D eigenvalue weighted by Gasteiger charge is 2.32. The lowest BCUT2D eigenvalue weighted by molar-refractivity contribution is -0.138. The lowest BCUT2D eigenvalue weighted by atomic mass is 9.90. The van der Waals surface area contributed by atoms with E-state index in [9.17, 15) is 44.1 Å². The van der Waals surface area contributed by atoms with Crippen molar-refractivity contribution < 1.29 is 58.7 Å². The van der Waals surface area contributed by atoms with Gasteiger partial charge in [-0.2, -0.15) is 0 Å². The van der Waals surface area contributed by atoms with Crippen molar-refractivity contribution in [3.63, 3.8) is 0 Å². The summed E-state index contributed by atoms with van der Waals surface area (Å²) in [7, 11) is 0. The molecule has 1 atom stereocenters. The van der Waals surface area contributed by atoms with E-state index in [1.54, 1.807) is 25.1 Å². The van der Waals surface area contributed by atoms with Gasteiger partial charge in [0.05, 0.1) is 34.2 Å². The van der Waals surface area contributed by atoms with Crippen molar-refractivity contribution in [2.45, 2.75) is 19.3 Å². The van der Waals surface area contributed by atoms with Crippen molar-refractivity contribution in [3.8, 4) is 22.6 Å². The van der Waals surface area contributed by atoms with E-state index in [1.807, 2.05) is 0 Å². The van der Waals surface area contributed by atoms with E-state index in [-0.39, 0.29) is 22.4 Å². The molecule has 0 aromatic heterocycles. The number of aromatic hydroxyl groups is 2. The van der Waals surface area contributed by atoms with Crippen molar-refractivity contribution in [2.24, 2.45) is 0 Å². The summed E-state index contributed by atoms with van der Waals surface area (Å²) in [6.07, 6.45) is -0.394. The van der Waals surface area contributed by atoms with Gasteiger partial charge in [-0.05, 0) is 60.0 Å². The SMILES string of the molecule is CC(CC(=O)OC(=O)c1c(C(=O)O)ccc(C(=O)OC(=O)c2ccc(C(=O)O)cc2)c1-c1ccccc1O)c1ccccc1O. The quantitative estimate of drug-likeness (QED) is 0.145. The first kappa shape index (κ1) is 31.6. The predicted molar refractivity (Wildman–Crippen MR) is 155 cm³/mol. The van der Waals surface area contributed by atoms with Gasteiger partial charge in [0.1, 0.15) is 11.5 Å². The van der Waals surface area contributed by atoms with Crippen LogP contribution in [0.1, 0.15) is 76.6 Å². The van der Waals surface area contributed by atoms with Gasteiger partial charge in [-0.3, -0.25) is 4.79 Å². The van der Waals surface area contributed by atoms with Crippen molar-refractivity contribution in [3.05, 3.63) is 118 Å². The van der Waals surface area contributed by atoms with Gasteiger partial charge in [0.2, 0.25) is 0 Å². The van der Waals surface area contributed by atoms with Gasteiger partial charge < -0.3 is 29.9 Å². The first-order chi connectivity index (χ1) is 21.4. The molecule has 4 rings (SSSR count). The summed E-state index contributed by atoms with van der Waals surface area (Å²) >= 11 is 0. The van der Waals surface area contributed by atoms with Crippen LogP contribution in [0.25, 0.3) is 11.1 Å². The number of carboxylic acid groups (broad SMARTS) is 2. The number of para-hydroxylation sites is 2. The Morgan fingerprint density at radius 1 is 0.622 bits per heavy atom. The number of phenolic OH excluding ortho intramolecular Hbond substituents is 2. The molecular formula is C33H24O12. The summed E-state index contributed by atoms with van der Waals surface area (Å²) in [5.74, 6) is -9.17. The Labute approximate surface area is 254 Å². The summed E-state index contributed by atoms with van der Waals surface area (Å²) in [4.78, 5) is 75.6. The largest absolute Gasteiger partial charge is 0.508 e. The van der Waals surface area contributed by atoms with E-state index in [2.05, 4.69) is 0 Å². The Kier molecular flexibility index (Phi) is 9.38. The molecule has 0 saturated carbocycles. The van der Waals surface area contributed by atoms with Gasteiger partial charge in [0.25, 0.3) is 0 Å². The van der Waals surface area contributed by atoms with Crippen LogP contribution in [0.5, 0.6) is 11.5 Å². The fourth-order valence-corrected chi connectivity index (χ4v) is 4.54. The van der Waals surface area contributed by atoms with Crippen LogP contribution in [0.3, 0.4) is 0 Å². The van der Waals surface area contributed by atoms with Crippen molar-refractivity contribution >= 4 is 35.8 Å². The Balaban J connectivity index is 1.74. The number of carbonyl (C=O) groups is 6. The maximum atomic E-state index is 13.5. The molecule has 12 heteroatoms. The highest BCUT2D eigenvalue weighted by Crippen LogP contribution is 2.37. The third-order valence-electron chi connectivity index (χ3n) is 6.73. The minimum absolute atomic E-state index is 0.0854. The second kappa shape index (κ2) is 13.3. The van der Waals surface area contributed by atoms with Crippen LogP contribution in [-0.2, 0) is 14.3 Å². The second-order valence-corrected chi connectivity index (χ2v) is 9.72. The maximum absolute atomic E-state index is 13.5. The summed E-state index contributed by atoms with van der Waals surface area (Å²) in [5, 5.41) is 39.7. The number of carbonyl (C=O) groups excluding carboxylic acids is 4. The normalized spacial score (nSPS) is 11.2. The molecule has 0 fully saturated rings. The number of hydrogen-bond donors (Lipinski definition) is 4. The monoisotopic (exact) mass is 612 g/mol. The maximum Gasteiger partial charge on any atom is 0.347 e. The number of esters is 4. The summed E-state index contributed by atoms with van der Waals surface area (Å²) in [5.41, 5.74) is -2.62. The number of rotatable bonds is 9.